The molecule has 0 aliphatic carbocycles. The second-order valence-corrected chi connectivity index (χ2v) is 5.08. The van der Waals surface area contributed by atoms with E-state index in [9.17, 15) is 9.59 Å². The summed E-state index contributed by atoms with van der Waals surface area (Å²) < 4.78 is 5.49. The van der Waals surface area contributed by atoms with Gasteiger partial charge in [-0.25, -0.2) is 4.79 Å². The van der Waals surface area contributed by atoms with Crippen LogP contribution in [0, 0.1) is 0 Å². The van der Waals surface area contributed by atoms with E-state index in [4.69, 9.17) is 10.5 Å². The molecule has 114 valence electrons. The van der Waals surface area contributed by atoms with Crippen molar-refractivity contribution in [2.45, 2.75) is 25.3 Å². The number of primary amides is 1. The van der Waals surface area contributed by atoms with Crippen LogP contribution in [-0.2, 0) is 4.79 Å². The number of carbonyl (C=O) groups excluding carboxylic acids is 2. The molecule has 1 aromatic carbocycles. The number of para-hydroxylation sites is 1. The van der Waals surface area contributed by atoms with Gasteiger partial charge in [-0.2, -0.15) is 0 Å². The van der Waals surface area contributed by atoms with E-state index >= 15 is 0 Å². The van der Waals surface area contributed by atoms with Crippen LogP contribution in [0.5, 0.6) is 5.75 Å². The zero-order chi connectivity index (χ0) is 15.1. The first kappa shape index (κ1) is 15.2. The molecular formula is C15H21N3O3. The molecule has 1 heterocycles. The van der Waals surface area contributed by atoms with Crippen LogP contribution >= 0.6 is 0 Å². The minimum atomic E-state index is -0.562. The van der Waals surface area contributed by atoms with E-state index in [0.717, 1.165) is 19.3 Å². The van der Waals surface area contributed by atoms with Crippen molar-refractivity contribution in [1.29, 1.82) is 0 Å². The average molecular weight is 291 g/mol. The molecule has 0 unspecified atom stereocenters. The maximum absolute atomic E-state index is 12.3. The molecule has 2 rings (SSSR count). The lowest BCUT2D eigenvalue weighted by atomic mass is 10.0. The molecule has 3 amide bonds. The van der Waals surface area contributed by atoms with Gasteiger partial charge >= 0.3 is 6.03 Å². The molecule has 6 heteroatoms. The highest BCUT2D eigenvalue weighted by atomic mass is 16.5. The van der Waals surface area contributed by atoms with Crippen molar-refractivity contribution in [3.8, 4) is 5.75 Å². The zero-order valence-corrected chi connectivity index (χ0v) is 12.0. The average Bonchev–Trinajstić information content (AvgIpc) is 2.52. The summed E-state index contributed by atoms with van der Waals surface area (Å²) in [5.41, 5.74) is 5.09. The summed E-state index contributed by atoms with van der Waals surface area (Å²) in [6.45, 7) is 1.10. The molecule has 1 aliphatic heterocycles. The molecule has 3 N–H and O–H groups in total. The highest BCUT2D eigenvalue weighted by Gasteiger charge is 2.26. The van der Waals surface area contributed by atoms with Crippen molar-refractivity contribution in [3.63, 3.8) is 0 Å². The third kappa shape index (κ3) is 4.66. The van der Waals surface area contributed by atoms with Crippen LogP contribution < -0.4 is 15.8 Å². The minimum absolute atomic E-state index is 0.00174. The quantitative estimate of drug-likeness (QED) is 0.852. The summed E-state index contributed by atoms with van der Waals surface area (Å²) in [6.07, 6.45) is 2.90. The van der Waals surface area contributed by atoms with Gasteiger partial charge in [0.15, 0.2) is 6.61 Å². The standard InChI is InChI=1S/C15H21N3O3/c16-15(20)17-10-12-6-4-5-9-18(12)14(19)11-21-13-7-2-1-3-8-13/h1-3,7-8,12H,4-6,9-11H2,(H3,16,17,20)/t12-/m1/s1. The van der Waals surface area contributed by atoms with E-state index in [1.807, 2.05) is 30.3 Å². The fourth-order valence-corrected chi connectivity index (χ4v) is 2.50. The van der Waals surface area contributed by atoms with E-state index in [1.165, 1.54) is 0 Å². The summed E-state index contributed by atoms with van der Waals surface area (Å²) in [6, 6.07) is 8.68. The lowest BCUT2D eigenvalue weighted by Crippen LogP contribution is -2.51. The first-order valence-electron chi connectivity index (χ1n) is 7.17. The number of likely N-dealkylation sites (tertiary alicyclic amines) is 1. The van der Waals surface area contributed by atoms with Gasteiger partial charge in [-0.15, -0.1) is 0 Å². The number of carbonyl (C=O) groups is 2. The number of ether oxygens (including phenoxy) is 1. The summed E-state index contributed by atoms with van der Waals surface area (Å²) in [4.78, 5) is 24.9. The Bertz CT molecular complexity index is 478. The normalized spacial score (nSPS) is 18.1. The van der Waals surface area contributed by atoms with Crippen molar-refractivity contribution in [2.75, 3.05) is 19.7 Å². The van der Waals surface area contributed by atoms with Gasteiger partial charge in [-0.3, -0.25) is 4.79 Å². The predicted octanol–water partition coefficient (Wildman–Crippen LogP) is 1.11. The topological polar surface area (TPSA) is 84.7 Å². The Morgan fingerprint density at radius 2 is 2.05 bits per heavy atom. The Balaban J connectivity index is 1.87. The molecule has 1 saturated heterocycles. The fourth-order valence-electron chi connectivity index (χ4n) is 2.50. The van der Waals surface area contributed by atoms with Gasteiger partial charge in [0.1, 0.15) is 5.75 Å². The monoisotopic (exact) mass is 291 g/mol. The van der Waals surface area contributed by atoms with Gasteiger partial charge in [-0.05, 0) is 31.4 Å². The van der Waals surface area contributed by atoms with Crippen molar-refractivity contribution < 1.29 is 14.3 Å². The molecule has 0 bridgehead atoms. The third-order valence-corrected chi connectivity index (χ3v) is 3.56. The van der Waals surface area contributed by atoms with Crippen molar-refractivity contribution in [3.05, 3.63) is 30.3 Å². The molecule has 0 spiro atoms. The van der Waals surface area contributed by atoms with Crippen molar-refractivity contribution in [2.24, 2.45) is 5.73 Å². The van der Waals surface area contributed by atoms with Crippen LogP contribution in [0.3, 0.4) is 0 Å². The Labute approximate surface area is 124 Å². The summed E-state index contributed by atoms with van der Waals surface area (Å²) in [5.74, 6) is 0.615. The van der Waals surface area contributed by atoms with E-state index in [-0.39, 0.29) is 18.6 Å². The maximum atomic E-state index is 12.3. The molecule has 0 saturated carbocycles. The smallest absolute Gasteiger partial charge is 0.312 e. The number of nitrogens with two attached hydrogens (primary N) is 1. The molecule has 6 nitrogen and oxygen atoms in total. The van der Waals surface area contributed by atoms with E-state index < -0.39 is 6.03 Å². The van der Waals surface area contributed by atoms with E-state index in [0.29, 0.717) is 18.8 Å². The molecule has 21 heavy (non-hydrogen) atoms. The molecule has 1 aliphatic rings. The number of benzene rings is 1. The van der Waals surface area contributed by atoms with Crippen molar-refractivity contribution >= 4 is 11.9 Å². The summed E-state index contributed by atoms with van der Waals surface area (Å²) in [7, 11) is 0. The van der Waals surface area contributed by atoms with Gasteiger partial charge in [0.25, 0.3) is 5.91 Å². The molecule has 0 radical (unpaired) electrons. The van der Waals surface area contributed by atoms with Gasteiger partial charge in [0.05, 0.1) is 0 Å². The molecule has 1 fully saturated rings. The Kier molecular flexibility index (Phi) is 5.43. The van der Waals surface area contributed by atoms with Crippen LogP contribution in [0.2, 0.25) is 0 Å². The van der Waals surface area contributed by atoms with Crippen LogP contribution in [0.15, 0.2) is 30.3 Å². The van der Waals surface area contributed by atoms with Crippen molar-refractivity contribution in [1.82, 2.24) is 10.2 Å². The number of piperidine rings is 1. The van der Waals surface area contributed by atoms with Crippen LogP contribution in [0.4, 0.5) is 4.79 Å². The molecule has 1 atom stereocenters. The van der Waals surface area contributed by atoms with Crippen LogP contribution in [0.1, 0.15) is 19.3 Å². The van der Waals surface area contributed by atoms with E-state index in [2.05, 4.69) is 5.32 Å². The highest BCUT2D eigenvalue weighted by Crippen LogP contribution is 2.17. The molecular weight excluding hydrogens is 270 g/mol. The first-order chi connectivity index (χ1) is 10.2. The Morgan fingerprint density at radius 3 is 2.76 bits per heavy atom. The van der Waals surface area contributed by atoms with Gasteiger partial charge in [-0.1, -0.05) is 18.2 Å². The lowest BCUT2D eigenvalue weighted by Gasteiger charge is -2.35. The zero-order valence-electron chi connectivity index (χ0n) is 12.0. The number of rotatable bonds is 5. The van der Waals surface area contributed by atoms with Gasteiger partial charge < -0.3 is 20.7 Å². The first-order valence-corrected chi connectivity index (χ1v) is 7.17. The minimum Gasteiger partial charge on any atom is -0.484 e. The van der Waals surface area contributed by atoms with Gasteiger partial charge in [0, 0.05) is 19.1 Å². The van der Waals surface area contributed by atoms with Gasteiger partial charge in [0.2, 0.25) is 0 Å². The molecule has 1 aromatic rings. The largest absolute Gasteiger partial charge is 0.484 e. The number of urea groups is 1. The summed E-state index contributed by atoms with van der Waals surface area (Å²) >= 11 is 0. The predicted molar refractivity (Wildman–Crippen MR) is 78.9 cm³/mol. The van der Waals surface area contributed by atoms with E-state index in [1.54, 1.807) is 4.90 Å². The number of nitrogens with one attached hydrogen (secondary N) is 1. The lowest BCUT2D eigenvalue weighted by molar-refractivity contribution is -0.136. The Hall–Kier alpha value is -2.24. The number of nitrogens with zero attached hydrogens (tertiary/aromatic N) is 1. The number of hydrogen-bond donors (Lipinski definition) is 2. The SMILES string of the molecule is NC(=O)NC[C@H]1CCCCN1C(=O)COc1ccccc1. The summed E-state index contributed by atoms with van der Waals surface area (Å²) in [5, 5.41) is 2.58. The molecule has 0 aromatic heterocycles. The van der Waals surface area contributed by atoms with Crippen LogP contribution in [0.25, 0.3) is 0 Å². The fraction of sp³-hybridized carbons (Fsp3) is 0.467. The van der Waals surface area contributed by atoms with Crippen LogP contribution in [-0.4, -0.2) is 42.6 Å². The number of hydrogen-bond acceptors (Lipinski definition) is 3. The second kappa shape index (κ2) is 7.52. The number of amides is 3. The second-order valence-electron chi connectivity index (χ2n) is 5.08. The Morgan fingerprint density at radius 1 is 1.29 bits per heavy atom. The third-order valence-electron chi connectivity index (χ3n) is 3.56. The maximum Gasteiger partial charge on any atom is 0.312 e. The highest BCUT2D eigenvalue weighted by molar-refractivity contribution is 5.78.